The van der Waals surface area contributed by atoms with E-state index in [1.807, 2.05) is 35.9 Å². The normalized spacial score (nSPS) is 17.6. The number of fused-ring (bicyclic) bond motifs is 2. The van der Waals surface area contributed by atoms with Crippen molar-refractivity contribution in [3.05, 3.63) is 54.4 Å². The lowest BCUT2D eigenvalue weighted by atomic mass is 10.1. The fourth-order valence-corrected chi connectivity index (χ4v) is 3.36. The number of hydrogen-bond acceptors (Lipinski definition) is 5. The molecule has 1 saturated heterocycles. The van der Waals surface area contributed by atoms with Crippen LogP contribution in [-0.2, 0) is 4.74 Å². The summed E-state index contributed by atoms with van der Waals surface area (Å²) in [5, 5.41) is 10.3. The SMILES string of the molecule is Cc1nccc2nc(-c3nn(C4NCCO4)c4ccccc34)ccc12. The van der Waals surface area contributed by atoms with Gasteiger partial charge in [-0.25, -0.2) is 9.67 Å². The maximum Gasteiger partial charge on any atom is 0.206 e. The van der Waals surface area contributed by atoms with Crippen LogP contribution in [0, 0.1) is 6.92 Å². The summed E-state index contributed by atoms with van der Waals surface area (Å²) in [6.45, 7) is 3.51. The zero-order chi connectivity index (χ0) is 16.8. The first-order valence-electron chi connectivity index (χ1n) is 8.36. The molecule has 1 aliphatic heterocycles. The van der Waals surface area contributed by atoms with Gasteiger partial charge in [-0.05, 0) is 31.2 Å². The molecule has 4 aromatic rings. The summed E-state index contributed by atoms with van der Waals surface area (Å²) in [7, 11) is 0. The number of hydrogen-bond donors (Lipinski definition) is 1. The third kappa shape index (κ3) is 2.30. The fraction of sp³-hybridized carbons (Fsp3) is 0.211. The molecule has 0 amide bonds. The molecular formula is C19H17N5O. The average molecular weight is 331 g/mol. The van der Waals surface area contributed by atoms with Gasteiger partial charge in [0.2, 0.25) is 6.35 Å². The number of aromatic nitrogens is 4. The van der Waals surface area contributed by atoms with Crippen LogP contribution in [0.1, 0.15) is 12.0 Å². The van der Waals surface area contributed by atoms with Crippen molar-refractivity contribution >= 4 is 21.8 Å². The Morgan fingerprint density at radius 1 is 1.12 bits per heavy atom. The molecule has 1 unspecified atom stereocenters. The van der Waals surface area contributed by atoms with E-state index in [0.29, 0.717) is 6.61 Å². The molecule has 6 nitrogen and oxygen atoms in total. The van der Waals surface area contributed by atoms with Crippen molar-refractivity contribution in [2.24, 2.45) is 0 Å². The van der Waals surface area contributed by atoms with Crippen LogP contribution in [0.5, 0.6) is 0 Å². The number of pyridine rings is 2. The smallest absolute Gasteiger partial charge is 0.206 e. The quantitative estimate of drug-likeness (QED) is 0.612. The topological polar surface area (TPSA) is 64.9 Å². The first-order valence-corrected chi connectivity index (χ1v) is 8.36. The molecule has 4 heterocycles. The van der Waals surface area contributed by atoms with E-state index in [-0.39, 0.29) is 6.35 Å². The summed E-state index contributed by atoms with van der Waals surface area (Å²) in [5.41, 5.74) is 4.66. The maximum absolute atomic E-state index is 5.74. The van der Waals surface area contributed by atoms with Crippen molar-refractivity contribution < 1.29 is 4.74 Å². The molecule has 0 bridgehead atoms. The van der Waals surface area contributed by atoms with E-state index in [1.54, 1.807) is 6.20 Å². The van der Waals surface area contributed by atoms with E-state index < -0.39 is 0 Å². The van der Waals surface area contributed by atoms with Gasteiger partial charge in [0.15, 0.2) is 0 Å². The van der Waals surface area contributed by atoms with Crippen molar-refractivity contribution in [1.29, 1.82) is 0 Å². The fourth-order valence-electron chi connectivity index (χ4n) is 3.36. The van der Waals surface area contributed by atoms with Crippen LogP contribution in [0.15, 0.2) is 48.7 Å². The first kappa shape index (κ1) is 14.5. The minimum Gasteiger partial charge on any atom is -0.342 e. The third-order valence-corrected chi connectivity index (χ3v) is 4.59. The van der Waals surface area contributed by atoms with E-state index in [1.165, 1.54) is 0 Å². The van der Waals surface area contributed by atoms with E-state index in [2.05, 4.69) is 28.5 Å². The van der Waals surface area contributed by atoms with Gasteiger partial charge in [-0.3, -0.25) is 10.3 Å². The lowest BCUT2D eigenvalue weighted by Crippen LogP contribution is -2.21. The second-order valence-corrected chi connectivity index (χ2v) is 6.15. The predicted molar refractivity (Wildman–Crippen MR) is 96.0 cm³/mol. The molecule has 1 fully saturated rings. The zero-order valence-electron chi connectivity index (χ0n) is 13.8. The summed E-state index contributed by atoms with van der Waals surface area (Å²) in [5.74, 6) is 0. The molecule has 0 radical (unpaired) electrons. The molecule has 1 N–H and O–H groups in total. The van der Waals surface area contributed by atoms with Gasteiger partial charge in [-0.15, -0.1) is 0 Å². The Morgan fingerprint density at radius 3 is 2.92 bits per heavy atom. The molecule has 124 valence electrons. The lowest BCUT2D eigenvalue weighted by Gasteiger charge is -2.11. The van der Waals surface area contributed by atoms with E-state index >= 15 is 0 Å². The van der Waals surface area contributed by atoms with Gasteiger partial charge in [0.25, 0.3) is 0 Å². The number of nitrogens with one attached hydrogen (secondary N) is 1. The minimum absolute atomic E-state index is 0.231. The first-order chi connectivity index (χ1) is 12.3. The molecule has 5 rings (SSSR count). The van der Waals surface area contributed by atoms with Crippen LogP contribution in [0.4, 0.5) is 0 Å². The molecule has 0 aliphatic carbocycles. The average Bonchev–Trinajstić information content (AvgIpc) is 3.29. The third-order valence-electron chi connectivity index (χ3n) is 4.59. The second kappa shape index (κ2) is 5.61. The van der Waals surface area contributed by atoms with Gasteiger partial charge in [0.05, 0.1) is 23.3 Å². The number of benzene rings is 1. The molecule has 25 heavy (non-hydrogen) atoms. The van der Waals surface area contributed by atoms with Gasteiger partial charge in [-0.2, -0.15) is 5.10 Å². The molecule has 0 saturated carbocycles. The summed E-state index contributed by atoms with van der Waals surface area (Å²) in [4.78, 5) is 9.15. The molecule has 1 aromatic carbocycles. The molecular weight excluding hydrogens is 314 g/mol. The zero-order valence-corrected chi connectivity index (χ0v) is 13.8. The Morgan fingerprint density at radius 2 is 2.04 bits per heavy atom. The standard InChI is InChI=1S/C19H17N5O/c1-12-13-6-7-16(22-15(13)8-9-20-12)18-14-4-2-3-5-17(14)24(23-18)19-21-10-11-25-19/h2-9,19,21H,10-11H2,1H3. The highest BCUT2D eigenvalue weighted by molar-refractivity contribution is 5.94. The molecule has 3 aromatic heterocycles. The summed E-state index contributed by atoms with van der Waals surface area (Å²) in [6, 6.07) is 14.2. The predicted octanol–water partition coefficient (Wildman–Crippen LogP) is 3.03. The van der Waals surface area contributed by atoms with E-state index in [0.717, 1.165) is 45.4 Å². The van der Waals surface area contributed by atoms with Crippen molar-refractivity contribution in [3.63, 3.8) is 0 Å². The van der Waals surface area contributed by atoms with Crippen LogP contribution in [0.3, 0.4) is 0 Å². The van der Waals surface area contributed by atoms with Gasteiger partial charge < -0.3 is 4.74 Å². The Kier molecular flexibility index (Phi) is 3.26. The lowest BCUT2D eigenvalue weighted by molar-refractivity contribution is 0.0382. The van der Waals surface area contributed by atoms with Crippen LogP contribution < -0.4 is 5.32 Å². The van der Waals surface area contributed by atoms with Crippen LogP contribution in [-0.4, -0.2) is 32.9 Å². The highest BCUT2D eigenvalue weighted by Gasteiger charge is 2.22. The monoisotopic (exact) mass is 331 g/mol. The van der Waals surface area contributed by atoms with Gasteiger partial charge in [0.1, 0.15) is 5.69 Å². The summed E-state index contributed by atoms with van der Waals surface area (Å²) >= 11 is 0. The Balaban J connectivity index is 1.72. The number of aryl methyl sites for hydroxylation is 1. The summed E-state index contributed by atoms with van der Waals surface area (Å²) in [6.07, 6.45) is 1.56. The van der Waals surface area contributed by atoms with Crippen LogP contribution in [0.2, 0.25) is 0 Å². The highest BCUT2D eigenvalue weighted by Crippen LogP contribution is 2.30. The summed E-state index contributed by atoms with van der Waals surface area (Å²) < 4.78 is 7.65. The molecule has 1 aliphatic rings. The van der Waals surface area contributed by atoms with Crippen molar-refractivity contribution in [2.75, 3.05) is 13.2 Å². The molecule has 0 spiro atoms. The minimum atomic E-state index is -0.231. The Bertz CT molecular complexity index is 1080. The Labute approximate surface area is 144 Å². The number of nitrogens with zero attached hydrogens (tertiary/aromatic N) is 4. The number of para-hydroxylation sites is 1. The second-order valence-electron chi connectivity index (χ2n) is 6.15. The number of ether oxygens (including phenoxy) is 1. The van der Waals surface area contributed by atoms with Gasteiger partial charge in [-0.1, -0.05) is 18.2 Å². The molecule has 6 heteroatoms. The number of rotatable bonds is 2. The highest BCUT2D eigenvalue weighted by atomic mass is 16.5. The Hall–Kier alpha value is -2.83. The van der Waals surface area contributed by atoms with Crippen molar-refractivity contribution in [3.8, 4) is 11.4 Å². The van der Waals surface area contributed by atoms with Crippen molar-refractivity contribution in [1.82, 2.24) is 25.1 Å². The van der Waals surface area contributed by atoms with Crippen LogP contribution in [0.25, 0.3) is 33.2 Å². The van der Waals surface area contributed by atoms with E-state index in [4.69, 9.17) is 14.8 Å². The van der Waals surface area contributed by atoms with Gasteiger partial charge >= 0.3 is 0 Å². The van der Waals surface area contributed by atoms with E-state index in [9.17, 15) is 0 Å². The largest absolute Gasteiger partial charge is 0.342 e. The van der Waals surface area contributed by atoms with Crippen molar-refractivity contribution in [2.45, 2.75) is 13.3 Å². The van der Waals surface area contributed by atoms with Gasteiger partial charge in [0, 0.05) is 29.2 Å². The molecule has 1 atom stereocenters. The van der Waals surface area contributed by atoms with Crippen LogP contribution >= 0.6 is 0 Å². The maximum atomic E-state index is 5.74.